The van der Waals surface area contributed by atoms with Crippen molar-refractivity contribution in [3.05, 3.63) is 47.0 Å². The van der Waals surface area contributed by atoms with Crippen molar-refractivity contribution in [3.63, 3.8) is 0 Å². The van der Waals surface area contributed by atoms with Crippen LogP contribution >= 0.6 is 0 Å². The molecule has 1 aromatic carbocycles. The van der Waals surface area contributed by atoms with Gasteiger partial charge in [0.25, 0.3) is 0 Å². The van der Waals surface area contributed by atoms with E-state index in [9.17, 15) is 0 Å². The molecule has 2 fully saturated rings. The van der Waals surface area contributed by atoms with E-state index >= 15 is 0 Å². The van der Waals surface area contributed by atoms with Crippen LogP contribution in [0.15, 0.2) is 24.3 Å². The molecule has 0 amide bonds. The fraction of sp³-hybridized carbons (Fsp3) is 0.591. The van der Waals surface area contributed by atoms with Gasteiger partial charge in [0.15, 0.2) is 0 Å². The maximum Gasteiger partial charge on any atom is 0.136 e. The first-order valence-electron chi connectivity index (χ1n) is 10.4. The number of likely N-dealkylation sites (tertiary alicyclic amines) is 1. The maximum atomic E-state index is 8.94. The van der Waals surface area contributed by atoms with Crippen LogP contribution in [0.2, 0.25) is 0 Å². The minimum absolute atomic E-state index is 0.483. The fourth-order valence-corrected chi connectivity index (χ4v) is 5.13. The normalized spacial score (nSPS) is 24.2. The highest BCUT2D eigenvalue weighted by atomic mass is 15.3. The summed E-state index contributed by atoms with van der Waals surface area (Å²) in [6.07, 6.45) is 8.81. The monoisotopic (exact) mass is 361 g/mol. The number of piperidine rings is 1. The molecule has 27 heavy (non-hydrogen) atoms. The van der Waals surface area contributed by atoms with Gasteiger partial charge in [0.05, 0.1) is 11.6 Å². The van der Waals surface area contributed by atoms with E-state index in [0.29, 0.717) is 11.3 Å². The number of fused-ring (bicyclic) bond motifs is 1. The van der Waals surface area contributed by atoms with Crippen molar-refractivity contribution in [3.8, 4) is 6.07 Å². The number of benzene rings is 1. The Labute approximate surface area is 161 Å². The lowest BCUT2D eigenvalue weighted by atomic mass is 9.90. The summed E-state index contributed by atoms with van der Waals surface area (Å²) in [6, 6.07) is 10.2. The van der Waals surface area contributed by atoms with E-state index in [1.165, 1.54) is 55.7 Å². The van der Waals surface area contributed by atoms with E-state index in [0.717, 1.165) is 38.2 Å². The van der Waals surface area contributed by atoms with Crippen LogP contribution < -0.4 is 0 Å². The average Bonchev–Trinajstić information content (AvgIpc) is 3.34. The first kappa shape index (κ1) is 16.9. The Morgan fingerprint density at radius 2 is 1.85 bits per heavy atom. The molecule has 1 spiro atoms. The fourth-order valence-electron chi connectivity index (χ4n) is 5.13. The number of nitriles is 1. The van der Waals surface area contributed by atoms with Gasteiger partial charge in [0.1, 0.15) is 11.6 Å². The van der Waals surface area contributed by atoms with Crippen LogP contribution in [-0.2, 0) is 19.5 Å². The van der Waals surface area contributed by atoms with Gasteiger partial charge in [-0.25, -0.2) is 0 Å². The summed E-state index contributed by atoms with van der Waals surface area (Å²) < 4.78 is 2.45. The van der Waals surface area contributed by atoms with Crippen LogP contribution in [0, 0.1) is 16.7 Å². The second kappa shape index (κ2) is 6.76. The molecule has 5 nitrogen and oxygen atoms in total. The van der Waals surface area contributed by atoms with Gasteiger partial charge < -0.3 is 4.57 Å². The summed E-state index contributed by atoms with van der Waals surface area (Å²) in [4.78, 5) is 2.56. The lowest BCUT2D eigenvalue weighted by Crippen LogP contribution is -2.34. The summed E-state index contributed by atoms with van der Waals surface area (Å²) in [5.74, 6) is 3.14. The predicted octanol–water partition coefficient (Wildman–Crippen LogP) is 3.65. The van der Waals surface area contributed by atoms with Crippen molar-refractivity contribution in [2.24, 2.45) is 5.41 Å². The summed E-state index contributed by atoms with van der Waals surface area (Å²) in [6.45, 7) is 4.44. The zero-order chi connectivity index (χ0) is 18.3. The molecule has 3 heterocycles. The van der Waals surface area contributed by atoms with Crippen LogP contribution in [0.3, 0.4) is 0 Å². The van der Waals surface area contributed by atoms with Crippen LogP contribution in [0.25, 0.3) is 0 Å². The summed E-state index contributed by atoms with van der Waals surface area (Å²) in [5.41, 5.74) is 2.53. The minimum atomic E-state index is 0.483. The number of hydrogen-bond donors (Lipinski definition) is 0. The molecular formula is C22H27N5. The highest BCUT2D eigenvalue weighted by Gasteiger charge is 2.57. The second-order valence-corrected chi connectivity index (χ2v) is 8.64. The van der Waals surface area contributed by atoms with Gasteiger partial charge in [-0.2, -0.15) is 5.26 Å². The molecular weight excluding hydrogens is 334 g/mol. The van der Waals surface area contributed by atoms with Gasteiger partial charge in [-0.3, -0.25) is 4.90 Å². The number of nitrogens with zero attached hydrogens (tertiary/aromatic N) is 5. The lowest BCUT2D eigenvalue weighted by Gasteiger charge is -2.33. The molecule has 0 radical (unpaired) electrons. The maximum absolute atomic E-state index is 8.94. The van der Waals surface area contributed by atoms with Crippen LogP contribution in [0.1, 0.15) is 67.2 Å². The van der Waals surface area contributed by atoms with E-state index in [1.807, 2.05) is 12.1 Å². The Morgan fingerprint density at radius 3 is 2.63 bits per heavy atom. The zero-order valence-corrected chi connectivity index (χ0v) is 15.9. The Kier molecular flexibility index (Phi) is 4.24. The molecule has 1 saturated carbocycles. The van der Waals surface area contributed by atoms with E-state index < -0.39 is 0 Å². The molecule has 3 aliphatic rings. The van der Waals surface area contributed by atoms with E-state index in [2.05, 4.69) is 37.9 Å². The lowest BCUT2D eigenvalue weighted by molar-refractivity contribution is 0.161. The minimum Gasteiger partial charge on any atom is -0.315 e. The third kappa shape index (κ3) is 3.17. The van der Waals surface area contributed by atoms with Crippen LogP contribution in [-0.4, -0.2) is 32.8 Å². The Bertz CT molecular complexity index is 852. The van der Waals surface area contributed by atoms with Gasteiger partial charge in [-0.1, -0.05) is 18.6 Å². The summed E-state index contributed by atoms with van der Waals surface area (Å²) >= 11 is 0. The van der Waals surface area contributed by atoms with Crippen molar-refractivity contribution in [1.29, 1.82) is 5.26 Å². The molecule has 1 atom stereocenters. The topological polar surface area (TPSA) is 57.7 Å². The third-order valence-corrected chi connectivity index (χ3v) is 6.98. The number of aromatic nitrogens is 3. The summed E-state index contributed by atoms with van der Waals surface area (Å²) in [7, 11) is 0. The molecule has 5 heteroatoms. The highest BCUT2D eigenvalue weighted by molar-refractivity contribution is 5.31. The molecule has 2 aliphatic heterocycles. The smallest absolute Gasteiger partial charge is 0.136 e. The third-order valence-electron chi connectivity index (χ3n) is 6.98. The number of rotatable bonds is 3. The molecule has 1 aliphatic carbocycles. The first-order valence-corrected chi connectivity index (χ1v) is 10.4. The standard InChI is InChI=1S/C22H27N5/c23-15-17-5-7-18(8-6-17)16-26-12-9-22(10-13-26)14-19(22)21-25-24-20-4-2-1-3-11-27(20)21/h5-8,19H,1-4,9-14,16H2. The molecule has 1 aromatic heterocycles. The zero-order valence-electron chi connectivity index (χ0n) is 15.9. The number of hydrogen-bond acceptors (Lipinski definition) is 4. The molecule has 140 valence electrons. The predicted molar refractivity (Wildman–Crippen MR) is 103 cm³/mol. The van der Waals surface area contributed by atoms with Crippen molar-refractivity contribution in [2.45, 2.75) is 64.0 Å². The van der Waals surface area contributed by atoms with Gasteiger partial charge >= 0.3 is 0 Å². The van der Waals surface area contributed by atoms with Crippen molar-refractivity contribution in [2.75, 3.05) is 13.1 Å². The Balaban J connectivity index is 1.21. The molecule has 1 unspecified atom stereocenters. The van der Waals surface area contributed by atoms with Crippen molar-refractivity contribution in [1.82, 2.24) is 19.7 Å². The molecule has 0 N–H and O–H groups in total. The SMILES string of the molecule is N#Cc1ccc(CN2CCC3(CC2)CC3c2nnc3n2CCCCC3)cc1. The number of aryl methyl sites for hydroxylation is 1. The van der Waals surface area contributed by atoms with Crippen molar-refractivity contribution < 1.29 is 0 Å². The Morgan fingerprint density at radius 1 is 1.04 bits per heavy atom. The quantitative estimate of drug-likeness (QED) is 0.837. The highest BCUT2D eigenvalue weighted by Crippen LogP contribution is 2.64. The van der Waals surface area contributed by atoms with Crippen LogP contribution in [0.5, 0.6) is 0 Å². The first-order chi connectivity index (χ1) is 13.3. The molecule has 2 aromatic rings. The summed E-state index contributed by atoms with van der Waals surface area (Å²) in [5, 5.41) is 18.1. The van der Waals surface area contributed by atoms with Crippen LogP contribution in [0.4, 0.5) is 0 Å². The van der Waals surface area contributed by atoms with E-state index in [1.54, 1.807) is 0 Å². The largest absolute Gasteiger partial charge is 0.315 e. The van der Waals surface area contributed by atoms with Gasteiger partial charge in [-0.05, 0) is 68.3 Å². The van der Waals surface area contributed by atoms with E-state index in [4.69, 9.17) is 5.26 Å². The van der Waals surface area contributed by atoms with Gasteiger partial charge in [0.2, 0.25) is 0 Å². The molecule has 1 saturated heterocycles. The van der Waals surface area contributed by atoms with Crippen molar-refractivity contribution >= 4 is 0 Å². The van der Waals surface area contributed by atoms with Gasteiger partial charge in [0, 0.05) is 25.4 Å². The molecule has 5 rings (SSSR count). The van der Waals surface area contributed by atoms with Gasteiger partial charge in [-0.15, -0.1) is 10.2 Å². The second-order valence-electron chi connectivity index (χ2n) is 8.64. The molecule has 0 bridgehead atoms. The average molecular weight is 361 g/mol. The van der Waals surface area contributed by atoms with E-state index in [-0.39, 0.29) is 0 Å². The Hall–Kier alpha value is -2.19.